The Hall–Kier alpha value is -5.83. The van der Waals surface area contributed by atoms with E-state index in [2.05, 4.69) is 48.7 Å². The van der Waals surface area contributed by atoms with Crippen LogP contribution in [-0.4, -0.2) is 103 Å². The van der Waals surface area contributed by atoms with E-state index in [1.165, 1.54) is 0 Å². The summed E-state index contributed by atoms with van der Waals surface area (Å²) in [6.45, 7) is 6.92. The zero-order valence-electron chi connectivity index (χ0n) is 30.4. The summed E-state index contributed by atoms with van der Waals surface area (Å²) in [5.41, 5.74) is 4.90. The van der Waals surface area contributed by atoms with E-state index in [1.54, 1.807) is 33.4 Å². The lowest BCUT2D eigenvalue weighted by molar-refractivity contribution is -0.135. The molecule has 0 spiro atoms. The van der Waals surface area contributed by atoms with Crippen molar-refractivity contribution in [2.75, 3.05) is 44.7 Å². The molecule has 1 unspecified atom stereocenters. The van der Waals surface area contributed by atoms with Gasteiger partial charge < -0.3 is 15.0 Å². The third-order valence-corrected chi connectivity index (χ3v) is 11.4. The minimum Gasteiger partial charge on any atom is -0.496 e. The molecule has 1 atom stereocenters. The fraction of sp³-hybridized carbons (Fsp3) is 0.410. The minimum atomic E-state index is -0.468. The average Bonchev–Trinajstić information content (AvgIpc) is 3.90. The van der Waals surface area contributed by atoms with Crippen LogP contribution in [0, 0.1) is 12.8 Å². The van der Waals surface area contributed by atoms with E-state index in [1.807, 2.05) is 37.4 Å². The van der Waals surface area contributed by atoms with Gasteiger partial charge in [-0.2, -0.15) is 19.8 Å². The van der Waals surface area contributed by atoms with Crippen molar-refractivity contribution in [3.63, 3.8) is 0 Å². The van der Waals surface area contributed by atoms with E-state index in [0.29, 0.717) is 41.4 Å². The molecule has 54 heavy (non-hydrogen) atoms. The minimum absolute atomic E-state index is 0.121. The Morgan fingerprint density at radius 2 is 1.83 bits per heavy atom. The summed E-state index contributed by atoms with van der Waals surface area (Å²) in [5, 5.41) is 21.4. The summed E-state index contributed by atoms with van der Waals surface area (Å²) in [4.78, 5) is 47.2. The van der Waals surface area contributed by atoms with Crippen LogP contribution in [0.1, 0.15) is 60.6 Å². The molecule has 1 saturated carbocycles. The van der Waals surface area contributed by atoms with Crippen molar-refractivity contribution in [3.05, 3.63) is 72.3 Å². The number of fused-ring (bicyclic) bond motifs is 3. The number of anilines is 1. The van der Waals surface area contributed by atoms with Crippen molar-refractivity contribution in [2.45, 2.75) is 57.5 Å². The number of methoxy groups -OCH3 is 1. The van der Waals surface area contributed by atoms with Gasteiger partial charge in [-0.15, -0.1) is 0 Å². The second-order valence-corrected chi connectivity index (χ2v) is 14.8. The maximum absolute atomic E-state index is 13.6. The van der Waals surface area contributed by atoms with Crippen LogP contribution in [0.2, 0.25) is 0 Å². The van der Waals surface area contributed by atoms with Gasteiger partial charge in [-0.25, -0.2) is 9.67 Å². The molecule has 3 aliphatic rings. The number of nitrogens with zero attached hydrogens (tertiary/aromatic N) is 9. The van der Waals surface area contributed by atoms with E-state index >= 15 is 0 Å². The second kappa shape index (κ2) is 13.9. The van der Waals surface area contributed by atoms with Gasteiger partial charge in [0.15, 0.2) is 11.5 Å². The maximum Gasteiger partial charge on any atom is 0.255 e. The number of rotatable bonds is 8. The number of benzene rings is 2. The van der Waals surface area contributed by atoms with Crippen LogP contribution in [-0.2, 0) is 9.59 Å². The summed E-state index contributed by atoms with van der Waals surface area (Å²) in [5.74, 6) is 1.16. The number of aromatic nitrogens is 7. The smallest absolute Gasteiger partial charge is 0.255 e. The normalized spacial score (nSPS) is 21.2. The highest BCUT2D eigenvalue weighted by Crippen LogP contribution is 2.32. The molecule has 4 aromatic heterocycles. The molecular formula is C39H43N11O4. The van der Waals surface area contributed by atoms with E-state index in [9.17, 15) is 14.4 Å². The molecule has 15 nitrogen and oxygen atoms in total. The molecular weight excluding hydrogens is 687 g/mol. The summed E-state index contributed by atoms with van der Waals surface area (Å²) in [7, 11) is 1.58. The summed E-state index contributed by atoms with van der Waals surface area (Å²) in [6, 6.07) is 13.4. The van der Waals surface area contributed by atoms with Crippen LogP contribution in [0.3, 0.4) is 0 Å². The quantitative estimate of drug-likeness (QED) is 0.221. The van der Waals surface area contributed by atoms with Gasteiger partial charge in [0.25, 0.3) is 11.8 Å². The summed E-state index contributed by atoms with van der Waals surface area (Å²) >= 11 is 0. The van der Waals surface area contributed by atoms with Crippen molar-refractivity contribution in [2.24, 2.45) is 5.92 Å². The number of hydrogen-bond donors (Lipinski definition) is 2. The van der Waals surface area contributed by atoms with Gasteiger partial charge >= 0.3 is 0 Å². The number of carbonyl (C=O) groups excluding carboxylic acids is 3. The lowest BCUT2D eigenvalue weighted by Gasteiger charge is -2.39. The Bertz CT molecular complexity index is 2400. The number of amides is 3. The predicted octanol–water partition coefficient (Wildman–Crippen LogP) is 3.82. The monoisotopic (exact) mass is 729 g/mol. The lowest BCUT2D eigenvalue weighted by Crippen LogP contribution is -2.48. The van der Waals surface area contributed by atoms with Crippen molar-refractivity contribution in [1.29, 1.82) is 0 Å². The molecule has 6 aromatic rings. The highest BCUT2D eigenvalue weighted by Gasteiger charge is 2.31. The Morgan fingerprint density at radius 1 is 1.00 bits per heavy atom. The molecule has 6 heterocycles. The number of piperidine rings is 1. The Morgan fingerprint density at radius 3 is 2.63 bits per heavy atom. The highest BCUT2D eigenvalue weighted by atomic mass is 16.5. The third kappa shape index (κ3) is 6.31. The Kier molecular flexibility index (Phi) is 8.72. The van der Waals surface area contributed by atoms with Crippen molar-refractivity contribution in [1.82, 2.24) is 49.7 Å². The first-order valence-electron chi connectivity index (χ1n) is 18.8. The van der Waals surface area contributed by atoms with Crippen LogP contribution in [0.4, 0.5) is 5.69 Å². The highest BCUT2D eigenvalue weighted by molar-refractivity contribution is 6.01. The SMILES string of the molecule is COc1cc2nn(-c3cnc4cccnn34)cc2cc1C(=O)NC1CCC(CN2CCN(c3ccc4c(c3)c(C)nn4C3CCC(=O)NC3=O)CC2)CC1. The lowest BCUT2D eigenvalue weighted by atomic mass is 9.85. The molecule has 15 heteroatoms. The molecule has 278 valence electrons. The topological polar surface area (TPSA) is 157 Å². The standard InChI is InChI=1S/C39H43N11O4/c1-24-29-19-28(9-10-32(29)49(44-24)33-11-12-36(51)43-39(33)53)47-16-14-46(15-17-47)22-25-5-7-27(8-6-25)42-38(52)30-18-26-23-48(45-31(26)20-34(30)54-2)37-21-40-35-4-3-13-41-50(35)37/h3-4,9-10,13,18-21,23,25,27,33H,5-8,11-12,14-17,22H2,1-2H3,(H,42,52)(H,43,51,53). The van der Waals surface area contributed by atoms with Crippen LogP contribution >= 0.6 is 0 Å². The van der Waals surface area contributed by atoms with Crippen molar-refractivity contribution in [3.8, 4) is 11.6 Å². The number of hydrogen-bond acceptors (Lipinski definition) is 10. The first kappa shape index (κ1) is 34.0. The van der Waals surface area contributed by atoms with Crippen LogP contribution < -0.4 is 20.3 Å². The van der Waals surface area contributed by atoms with Gasteiger partial charge in [-0.1, -0.05) is 0 Å². The fourth-order valence-corrected chi connectivity index (χ4v) is 8.43. The van der Waals surface area contributed by atoms with Crippen LogP contribution in [0.25, 0.3) is 33.3 Å². The van der Waals surface area contributed by atoms with E-state index in [-0.39, 0.29) is 23.8 Å². The summed E-state index contributed by atoms with van der Waals surface area (Å²) < 4.78 is 10.9. The van der Waals surface area contributed by atoms with E-state index in [0.717, 1.165) is 91.7 Å². The maximum atomic E-state index is 13.6. The molecule has 2 aromatic carbocycles. The number of piperazine rings is 1. The third-order valence-electron chi connectivity index (χ3n) is 11.4. The Labute approximate surface area is 311 Å². The van der Waals surface area contributed by atoms with Crippen molar-refractivity contribution >= 4 is 50.9 Å². The number of imidazole rings is 1. The van der Waals surface area contributed by atoms with Gasteiger partial charge in [-0.05, 0) is 81.3 Å². The van der Waals surface area contributed by atoms with Crippen LogP contribution in [0.15, 0.2) is 61.1 Å². The van der Waals surface area contributed by atoms with E-state index < -0.39 is 6.04 Å². The zero-order chi connectivity index (χ0) is 36.9. The number of carbonyl (C=O) groups is 3. The molecule has 9 rings (SSSR count). The van der Waals surface area contributed by atoms with Gasteiger partial charge in [-0.3, -0.25) is 29.3 Å². The largest absolute Gasteiger partial charge is 0.496 e. The number of aryl methyl sites for hydroxylation is 1. The van der Waals surface area contributed by atoms with Gasteiger partial charge in [0.1, 0.15) is 11.8 Å². The average molecular weight is 730 g/mol. The number of nitrogens with one attached hydrogen (secondary N) is 2. The summed E-state index contributed by atoms with van der Waals surface area (Å²) in [6.07, 6.45) is 10.2. The van der Waals surface area contributed by atoms with E-state index in [4.69, 9.17) is 14.9 Å². The number of ether oxygens (including phenoxy) is 1. The fourth-order valence-electron chi connectivity index (χ4n) is 8.43. The molecule has 2 aliphatic heterocycles. The predicted molar refractivity (Wildman–Crippen MR) is 202 cm³/mol. The van der Waals surface area contributed by atoms with Crippen molar-refractivity contribution < 1.29 is 19.1 Å². The molecule has 3 fully saturated rings. The molecule has 1 aliphatic carbocycles. The zero-order valence-corrected chi connectivity index (χ0v) is 30.4. The van der Waals surface area contributed by atoms with Gasteiger partial charge in [0.2, 0.25) is 5.91 Å². The Balaban J connectivity index is 0.780. The second-order valence-electron chi connectivity index (χ2n) is 14.8. The molecule has 3 amide bonds. The first-order chi connectivity index (χ1) is 26.3. The number of imide groups is 1. The molecule has 2 N–H and O–H groups in total. The van der Waals surface area contributed by atoms with Gasteiger partial charge in [0, 0.05) is 80.1 Å². The van der Waals surface area contributed by atoms with Crippen LogP contribution in [0.5, 0.6) is 5.75 Å². The van der Waals surface area contributed by atoms with Gasteiger partial charge in [0.05, 0.1) is 35.6 Å². The molecule has 0 radical (unpaired) electrons. The first-order valence-corrected chi connectivity index (χ1v) is 18.8. The molecule has 2 saturated heterocycles. The molecule has 0 bridgehead atoms.